The monoisotopic (exact) mass is 553 g/mol. The lowest BCUT2D eigenvalue weighted by Crippen LogP contribution is -2.42. The topological polar surface area (TPSA) is 128 Å². The van der Waals surface area contributed by atoms with Crippen LogP contribution in [0.3, 0.4) is 0 Å². The first-order chi connectivity index (χ1) is 18.7. The number of rotatable bonds is 9. The smallest absolute Gasteiger partial charge is 0.318 e. The standard InChI is InChI=1S/C27H29N4O7S/c1-17(13-18-14-23(35-2)26(37-4)24(15-18)36-3)25-27(29-22-12-7-6-11-21(22)28-25)30-39(33,34)20-10-8-9-19(16-20)31(32)38-5/h6-16,21-22H,1-5H3,(H,29,30)/q+1/b17-13-. The molecule has 0 bridgehead atoms. The van der Waals surface area contributed by atoms with Gasteiger partial charge in [0.15, 0.2) is 24.4 Å². The Bertz CT molecular complexity index is 1520. The van der Waals surface area contributed by atoms with Gasteiger partial charge >= 0.3 is 5.69 Å². The Morgan fingerprint density at radius 3 is 2.18 bits per heavy atom. The summed E-state index contributed by atoms with van der Waals surface area (Å²) < 4.78 is 45.6. The van der Waals surface area contributed by atoms with Gasteiger partial charge in [-0.15, -0.1) is 0 Å². The molecule has 1 aliphatic carbocycles. The number of amidine groups is 1. The molecule has 1 N–H and O–H groups in total. The molecule has 2 unspecified atom stereocenters. The summed E-state index contributed by atoms with van der Waals surface area (Å²) in [7, 11) is 1.63. The predicted octanol–water partition coefficient (Wildman–Crippen LogP) is 3.78. The number of hydrogen-bond donors (Lipinski definition) is 1. The molecule has 2 atom stereocenters. The van der Waals surface area contributed by atoms with Gasteiger partial charge in [0.2, 0.25) is 5.75 Å². The Labute approximate surface area is 226 Å². The highest BCUT2D eigenvalue weighted by molar-refractivity contribution is 7.90. The zero-order valence-corrected chi connectivity index (χ0v) is 22.9. The summed E-state index contributed by atoms with van der Waals surface area (Å²) >= 11 is 0. The number of allylic oxidation sites excluding steroid dienone is 2. The van der Waals surface area contributed by atoms with Gasteiger partial charge in [-0.2, -0.15) is 0 Å². The van der Waals surface area contributed by atoms with Gasteiger partial charge < -0.3 is 14.2 Å². The third kappa shape index (κ3) is 5.85. The Morgan fingerprint density at radius 2 is 1.59 bits per heavy atom. The second-order valence-electron chi connectivity index (χ2n) is 8.53. The average Bonchev–Trinajstić information content (AvgIpc) is 2.95. The van der Waals surface area contributed by atoms with E-state index >= 15 is 0 Å². The summed E-state index contributed by atoms with van der Waals surface area (Å²) in [4.78, 5) is 26.1. The maximum atomic E-state index is 13.4. The van der Waals surface area contributed by atoms with Crippen molar-refractivity contribution < 1.29 is 32.4 Å². The van der Waals surface area contributed by atoms with Gasteiger partial charge in [-0.25, -0.2) is 13.3 Å². The number of nitrogens with zero attached hydrogens (tertiary/aromatic N) is 3. The molecule has 2 aliphatic rings. The van der Waals surface area contributed by atoms with Crippen molar-refractivity contribution in [1.29, 1.82) is 0 Å². The number of fused-ring (bicyclic) bond motifs is 1. The molecular formula is C27H29N4O7S+. The van der Waals surface area contributed by atoms with E-state index in [-0.39, 0.29) is 33.4 Å². The van der Waals surface area contributed by atoms with Crippen LogP contribution in [0, 0.1) is 4.91 Å². The van der Waals surface area contributed by atoms with Crippen LogP contribution in [-0.4, -0.2) is 65.4 Å². The Morgan fingerprint density at radius 1 is 0.949 bits per heavy atom. The molecule has 0 amide bonds. The van der Waals surface area contributed by atoms with Crippen molar-refractivity contribution in [3.8, 4) is 17.2 Å². The van der Waals surface area contributed by atoms with Crippen LogP contribution in [0.4, 0.5) is 5.69 Å². The fourth-order valence-corrected chi connectivity index (χ4v) is 5.22. The summed E-state index contributed by atoms with van der Waals surface area (Å²) in [6.45, 7) is 1.81. The van der Waals surface area contributed by atoms with Crippen LogP contribution >= 0.6 is 0 Å². The molecule has 0 aromatic heterocycles. The molecule has 0 radical (unpaired) electrons. The Kier molecular flexibility index (Phi) is 8.15. The van der Waals surface area contributed by atoms with E-state index in [0.717, 1.165) is 5.56 Å². The number of nitrogens with one attached hydrogen (secondary N) is 1. The fourth-order valence-electron chi connectivity index (χ4n) is 4.17. The summed E-state index contributed by atoms with van der Waals surface area (Å²) in [6.07, 6.45) is 9.30. The van der Waals surface area contributed by atoms with E-state index < -0.39 is 10.0 Å². The molecule has 204 valence electrons. The minimum atomic E-state index is -4.14. The van der Waals surface area contributed by atoms with E-state index in [1.165, 1.54) is 52.7 Å². The van der Waals surface area contributed by atoms with Crippen molar-refractivity contribution in [3.05, 3.63) is 76.7 Å². The lowest BCUT2D eigenvalue weighted by molar-refractivity contribution is -0.736. The zero-order valence-electron chi connectivity index (χ0n) is 22.1. The number of benzene rings is 2. The summed E-state index contributed by atoms with van der Waals surface area (Å²) in [5.74, 6) is 1.47. The van der Waals surface area contributed by atoms with Crippen molar-refractivity contribution >= 4 is 33.3 Å². The first kappa shape index (κ1) is 27.6. The minimum absolute atomic E-state index is 0.0266. The summed E-state index contributed by atoms with van der Waals surface area (Å²) in [6, 6.07) is 8.36. The molecule has 12 heteroatoms. The molecule has 4 rings (SSSR count). The molecule has 0 saturated carbocycles. The van der Waals surface area contributed by atoms with Gasteiger partial charge in [0.05, 0.1) is 43.2 Å². The highest BCUT2D eigenvalue weighted by Crippen LogP contribution is 2.39. The quantitative estimate of drug-likeness (QED) is 0.468. The predicted molar refractivity (Wildman–Crippen MR) is 148 cm³/mol. The van der Waals surface area contributed by atoms with E-state index in [1.807, 2.05) is 37.3 Å². The molecule has 39 heavy (non-hydrogen) atoms. The lowest BCUT2D eigenvalue weighted by Gasteiger charge is -2.26. The molecule has 2 aromatic carbocycles. The molecule has 0 fully saturated rings. The molecule has 0 saturated heterocycles. The maximum absolute atomic E-state index is 13.4. The molecule has 0 spiro atoms. The third-order valence-electron chi connectivity index (χ3n) is 6.04. The highest BCUT2D eigenvalue weighted by atomic mass is 32.2. The van der Waals surface area contributed by atoms with E-state index in [1.54, 1.807) is 12.1 Å². The van der Waals surface area contributed by atoms with Gasteiger partial charge in [-0.05, 0) is 42.3 Å². The summed E-state index contributed by atoms with van der Waals surface area (Å²) in [5, 5.41) is 0. The Balaban J connectivity index is 1.74. The van der Waals surface area contributed by atoms with Crippen molar-refractivity contribution in [2.24, 2.45) is 9.98 Å². The first-order valence-corrected chi connectivity index (χ1v) is 13.3. The molecule has 1 aliphatic heterocycles. The average molecular weight is 554 g/mol. The normalized spacial score (nSPS) is 18.4. The SMILES string of the molecule is COc1cc(/C=C(/C)C2=NC3C=CC=CC3N=C2NS(=O)(=O)c2cccc([N+](=O)OC)c2)cc(OC)c1OC. The van der Waals surface area contributed by atoms with Gasteiger partial charge in [0.25, 0.3) is 14.9 Å². The number of sulfonamides is 1. The van der Waals surface area contributed by atoms with Crippen LogP contribution < -0.4 is 18.9 Å². The zero-order chi connectivity index (χ0) is 28.2. The number of ether oxygens (including phenoxy) is 3. The second-order valence-corrected chi connectivity index (χ2v) is 10.2. The van der Waals surface area contributed by atoms with Crippen LogP contribution in [-0.2, 0) is 14.9 Å². The Hall–Kier alpha value is -4.45. The van der Waals surface area contributed by atoms with Crippen molar-refractivity contribution in [3.63, 3.8) is 0 Å². The highest BCUT2D eigenvalue weighted by Gasteiger charge is 2.30. The third-order valence-corrected chi connectivity index (χ3v) is 7.37. The van der Waals surface area contributed by atoms with E-state index in [4.69, 9.17) is 19.2 Å². The first-order valence-electron chi connectivity index (χ1n) is 11.8. The van der Waals surface area contributed by atoms with Crippen molar-refractivity contribution in [2.45, 2.75) is 23.9 Å². The minimum Gasteiger partial charge on any atom is -0.493 e. The van der Waals surface area contributed by atoms with Crippen molar-refractivity contribution in [1.82, 2.24) is 4.72 Å². The van der Waals surface area contributed by atoms with Crippen LogP contribution in [0.2, 0.25) is 0 Å². The number of aliphatic imine (C=N–C) groups is 2. The van der Waals surface area contributed by atoms with Gasteiger partial charge in [0.1, 0.15) is 5.71 Å². The number of hydrogen-bond acceptors (Lipinski definition) is 9. The maximum Gasteiger partial charge on any atom is 0.318 e. The lowest BCUT2D eigenvalue weighted by atomic mass is 9.99. The fraction of sp³-hybridized carbons (Fsp3) is 0.259. The number of methoxy groups -OCH3 is 3. The van der Waals surface area contributed by atoms with E-state index in [2.05, 4.69) is 14.6 Å². The van der Waals surface area contributed by atoms with Gasteiger partial charge in [-0.1, -0.05) is 30.4 Å². The molecular weight excluding hydrogens is 524 g/mol. The van der Waals surface area contributed by atoms with Crippen LogP contribution in [0.1, 0.15) is 12.5 Å². The van der Waals surface area contributed by atoms with Gasteiger partial charge in [0, 0.05) is 12.1 Å². The van der Waals surface area contributed by atoms with Crippen LogP contribution in [0.5, 0.6) is 17.2 Å². The molecule has 2 aromatic rings. The van der Waals surface area contributed by atoms with E-state index in [0.29, 0.717) is 28.5 Å². The van der Waals surface area contributed by atoms with Crippen LogP contribution in [0.15, 0.2) is 81.2 Å². The largest absolute Gasteiger partial charge is 0.493 e. The van der Waals surface area contributed by atoms with Crippen molar-refractivity contribution in [2.75, 3.05) is 28.4 Å². The summed E-state index contributed by atoms with van der Waals surface area (Å²) in [5.41, 5.74) is 1.76. The van der Waals surface area contributed by atoms with Gasteiger partial charge in [-0.3, -0.25) is 14.7 Å². The van der Waals surface area contributed by atoms with E-state index in [9.17, 15) is 13.3 Å². The molecule has 1 heterocycles. The molecule has 11 nitrogen and oxygen atoms in total. The second kappa shape index (κ2) is 11.5. The van der Waals surface area contributed by atoms with Crippen LogP contribution in [0.25, 0.3) is 6.08 Å².